The van der Waals surface area contributed by atoms with E-state index in [-0.39, 0.29) is 30.3 Å². The molecule has 0 aromatic heterocycles. The van der Waals surface area contributed by atoms with Gasteiger partial charge in [-0.1, -0.05) is 20.8 Å². The summed E-state index contributed by atoms with van der Waals surface area (Å²) in [5, 5.41) is 12.7. The highest BCUT2D eigenvalue weighted by Gasteiger charge is 2.25. The second-order valence-electron chi connectivity index (χ2n) is 6.19. The van der Waals surface area contributed by atoms with Crippen LogP contribution in [0.1, 0.15) is 40.5 Å². The molecule has 1 amide bonds. The van der Waals surface area contributed by atoms with Gasteiger partial charge in [-0.2, -0.15) is 0 Å². The molecule has 0 aliphatic heterocycles. The smallest absolute Gasteiger partial charge is 0.221 e. The second kappa shape index (κ2) is 7.07. The van der Waals surface area contributed by atoms with Crippen LogP contribution in [0.4, 0.5) is 0 Å². The minimum Gasteiger partial charge on any atom is -0.388 e. The molecule has 0 rings (SSSR count). The van der Waals surface area contributed by atoms with Gasteiger partial charge in [0.25, 0.3) is 0 Å². The van der Waals surface area contributed by atoms with Crippen molar-refractivity contribution in [2.75, 3.05) is 20.3 Å². The number of methoxy groups -OCH3 is 1. The molecule has 0 saturated carbocycles. The number of carbonyl (C=O) groups is 1. The lowest BCUT2D eigenvalue weighted by Gasteiger charge is -2.27. The van der Waals surface area contributed by atoms with E-state index in [0.717, 1.165) is 0 Å². The van der Waals surface area contributed by atoms with Crippen molar-refractivity contribution in [3.63, 3.8) is 0 Å². The zero-order valence-electron chi connectivity index (χ0n) is 12.2. The maximum absolute atomic E-state index is 11.7. The molecule has 18 heavy (non-hydrogen) atoms. The Hall–Kier alpha value is -0.650. The lowest BCUT2D eigenvalue weighted by molar-refractivity contribution is -0.123. The molecule has 0 aromatic carbocycles. The van der Waals surface area contributed by atoms with E-state index < -0.39 is 5.60 Å². The highest BCUT2D eigenvalue weighted by atomic mass is 16.5. The third kappa shape index (κ3) is 7.63. The maximum Gasteiger partial charge on any atom is 0.221 e. The summed E-state index contributed by atoms with van der Waals surface area (Å²) in [4.78, 5) is 11.7. The number of nitrogens with two attached hydrogens (primary N) is 1. The molecular formula is C13H28N2O3. The van der Waals surface area contributed by atoms with Gasteiger partial charge < -0.3 is 20.9 Å². The van der Waals surface area contributed by atoms with Gasteiger partial charge in [-0.15, -0.1) is 0 Å². The summed E-state index contributed by atoms with van der Waals surface area (Å²) in [7, 11) is 1.58. The Bertz CT molecular complexity index is 259. The number of aliphatic hydroxyl groups is 1. The molecular weight excluding hydrogens is 232 g/mol. The van der Waals surface area contributed by atoms with E-state index in [4.69, 9.17) is 10.5 Å². The first-order valence-electron chi connectivity index (χ1n) is 6.32. The fourth-order valence-corrected chi connectivity index (χ4v) is 1.28. The van der Waals surface area contributed by atoms with E-state index in [1.165, 1.54) is 0 Å². The second-order valence-corrected chi connectivity index (χ2v) is 6.19. The van der Waals surface area contributed by atoms with Gasteiger partial charge in [-0.25, -0.2) is 0 Å². The number of ether oxygens (including phenoxy) is 1. The standard InChI is InChI=1S/C13H28N2O3/c1-12(2,3)10(14)8-11(16)15-9-13(4,17)6-7-18-5/h10,17H,6-9,14H2,1-5H3,(H,15,16). The maximum atomic E-state index is 11.7. The average molecular weight is 260 g/mol. The van der Waals surface area contributed by atoms with E-state index >= 15 is 0 Å². The van der Waals surface area contributed by atoms with Crippen LogP contribution in [0.5, 0.6) is 0 Å². The fraction of sp³-hybridized carbons (Fsp3) is 0.923. The highest BCUT2D eigenvalue weighted by Crippen LogP contribution is 2.19. The Balaban J connectivity index is 4.03. The zero-order valence-corrected chi connectivity index (χ0v) is 12.2. The van der Waals surface area contributed by atoms with Gasteiger partial charge in [0.15, 0.2) is 0 Å². The molecule has 2 unspecified atom stereocenters. The summed E-state index contributed by atoms with van der Waals surface area (Å²) in [6, 6.07) is -0.193. The van der Waals surface area contributed by atoms with Crippen molar-refractivity contribution in [2.24, 2.45) is 11.1 Å². The Morgan fingerprint density at radius 1 is 1.39 bits per heavy atom. The van der Waals surface area contributed by atoms with Crippen LogP contribution in [0.2, 0.25) is 0 Å². The molecule has 0 aliphatic carbocycles. The van der Waals surface area contributed by atoms with Crippen LogP contribution < -0.4 is 11.1 Å². The molecule has 0 saturated heterocycles. The number of nitrogens with one attached hydrogen (secondary N) is 1. The van der Waals surface area contributed by atoms with Crippen LogP contribution in [0, 0.1) is 5.41 Å². The van der Waals surface area contributed by atoms with Gasteiger partial charge in [0, 0.05) is 39.1 Å². The third-order valence-electron chi connectivity index (χ3n) is 3.03. The third-order valence-corrected chi connectivity index (χ3v) is 3.03. The van der Waals surface area contributed by atoms with Gasteiger partial charge in [0.2, 0.25) is 5.91 Å². The average Bonchev–Trinajstić information content (AvgIpc) is 2.22. The molecule has 2 atom stereocenters. The lowest BCUT2D eigenvalue weighted by atomic mass is 9.85. The SMILES string of the molecule is COCCC(C)(O)CNC(=O)CC(N)C(C)(C)C. The van der Waals surface area contributed by atoms with Crippen molar-refractivity contribution in [1.29, 1.82) is 0 Å². The van der Waals surface area contributed by atoms with Crippen molar-refractivity contribution in [1.82, 2.24) is 5.32 Å². The van der Waals surface area contributed by atoms with Crippen LogP contribution in [0.3, 0.4) is 0 Å². The van der Waals surface area contributed by atoms with Crippen molar-refractivity contribution >= 4 is 5.91 Å². The molecule has 4 N–H and O–H groups in total. The zero-order chi connectivity index (χ0) is 14.4. The van der Waals surface area contributed by atoms with Crippen molar-refractivity contribution in [2.45, 2.75) is 52.2 Å². The summed E-state index contributed by atoms with van der Waals surface area (Å²) in [5.74, 6) is -0.130. The first kappa shape index (κ1) is 17.4. The Labute approximate surface area is 110 Å². The normalized spacial score (nSPS) is 17.1. The van der Waals surface area contributed by atoms with Crippen LogP contribution in [0.15, 0.2) is 0 Å². The van der Waals surface area contributed by atoms with E-state index in [9.17, 15) is 9.90 Å². The van der Waals surface area contributed by atoms with Crippen LogP contribution in [-0.4, -0.2) is 42.9 Å². The van der Waals surface area contributed by atoms with E-state index in [1.807, 2.05) is 20.8 Å². The van der Waals surface area contributed by atoms with Crippen LogP contribution in [-0.2, 0) is 9.53 Å². The molecule has 0 spiro atoms. The number of hydrogen-bond donors (Lipinski definition) is 3. The van der Waals surface area contributed by atoms with Gasteiger partial charge in [0.05, 0.1) is 5.60 Å². The molecule has 5 nitrogen and oxygen atoms in total. The van der Waals surface area contributed by atoms with Crippen molar-refractivity contribution in [3.8, 4) is 0 Å². The monoisotopic (exact) mass is 260 g/mol. The minimum absolute atomic E-state index is 0.101. The Morgan fingerprint density at radius 2 is 1.94 bits per heavy atom. The Morgan fingerprint density at radius 3 is 2.39 bits per heavy atom. The number of amides is 1. The van der Waals surface area contributed by atoms with Gasteiger partial charge >= 0.3 is 0 Å². The molecule has 5 heteroatoms. The quantitative estimate of drug-likeness (QED) is 0.627. The molecule has 108 valence electrons. The molecule has 0 heterocycles. The van der Waals surface area contributed by atoms with E-state index in [2.05, 4.69) is 5.32 Å². The van der Waals surface area contributed by atoms with Gasteiger partial charge in [-0.3, -0.25) is 4.79 Å². The molecule has 0 aromatic rings. The van der Waals surface area contributed by atoms with Gasteiger partial charge in [0.1, 0.15) is 0 Å². The van der Waals surface area contributed by atoms with Crippen LogP contribution >= 0.6 is 0 Å². The van der Waals surface area contributed by atoms with Crippen LogP contribution in [0.25, 0.3) is 0 Å². The fourth-order valence-electron chi connectivity index (χ4n) is 1.28. The number of carbonyl (C=O) groups excluding carboxylic acids is 1. The summed E-state index contributed by atoms with van der Waals surface area (Å²) in [5.41, 5.74) is 4.88. The lowest BCUT2D eigenvalue weighted by Crippen LogP contribution is -2.45. The predicted molar refractivity (Wildman–Crippen MR) is 72.2 cm³/mol. The first-order chi connectivity index (χ1) is 8.08. The first-order valence-corrected chi connectivity index (χ1v) is 6.32. The molecule has 0 aliphatic rings. The van der Waals surface area contributed by atoms with Gasteiger partial charge in [-0.05, 0) is 12.3 Å². The molecule has 0 radical (unpaired) electrons. The van der Waals surface area contributed by atoms with Crippen molar-refractivity contribution in [3.05, 3.63) is 0 Å². The number of rotatable bonds is 7. The van der Waals surface area contributed by atoms with E-state index in [0.29, 0.717) is 13.0 Å². The molecule has 0 fully saturated rings. The summed E-state index contributed by atoms with van der Waals surface area (Å²) < 4.78 is 4.90. The van der Waals surface area contributed by atoms with Crippen molar-refractivity contribution < 1.29 is 14.6 Å². The minimum atomic E-state index is -0.947. The topological polar surface area (TPSA) is 84.6 Å². The molecule has 0 bridgehead atoms. The highest BCUT2D eigenvalue weighted by molar-refractivity contribution is 5.76. The number of hydrogen-bond acceptors (Lipinski definition) is 4. The summed E-state index contributed by atoms with van der Waals surface area (Å²) in [6.45, 7) is 8.35. The summed E-state index contributed by atoms with van der Waals surface area (Å²) in [6.07, 6.45) is 0.749. The largest absolute Gasteiger partial charge is 0.388 e. The van der Waals surface area contributed by atoms with E-state index in [1.54, 1.807) is 14.0 Å². The predicted octanol–water partition coefficient (Wildman–Crippen LogP) is 0.654. The summed E-state index contributed by atoms with van der Waals surface area (Å²) >= 11 is 0. The Kier molecular flexibility index (Phi) is 6.81.